The van der Waals surface area contributed by atoms with Gasteiger partial charge in [-0.3, -0.25) is 0 Å². The number of pyridine rings is 1. The summed E-state index contributed by atoms with van der Waals surface area (Å²) in [6.45, 7) is 0.314. The van der Waals surface area contributed by atoms with Crippen LogP contribution in [0.2, 0.25) is 0 Å². The van der Waals surface area contributed by atoms with Crippen molar-refractivity contribution < 1.29 is 23.6 Å². The number of aromatic nitrogens is 1. The number of benzene rings is 2. The highest BCUT2D eigenvalue weighted by molar-refractivity contribution is 6.19. The van der Waals surface area contributed by atoms with Crippen molar-refractivity contribution in [1.82, 2.24) is 0 Å². The lowest BCUT2D eigenvalue weighted by Crippen LogP contribution is -2.35. The minimum atomic E-state index is -0.720. The molecule has 5 heteroatoms. The number of ether oxygens (including phenoxy) is 2. The molecule has 0 saturated heterocycles. The molecule has 0 bridgehead atoms. The number of fused-ring (bicyclic) bond motifs is 1. The molecule has 136 valence electrons. The Labute approximate surface area is 157 Å². The molecule has 0 aliphatic heterocycles. The molecule has 1 heterocycles. The monoisotopic (exact) mass is 362 g/mol. The number of allylic oxidation sites excluding steroid dienone is 1. The van der Waals surface area contributed by atoms with E-state index < -0.39 is 11.9 Å². The lowest BCUT2D eigenvalue weighted by atomic mass is 9.99. The summed E-state index contributed by atoms with van der Waals surface area (Å²) in [5, 5.41) is 2.17. The predicted molar refractivity (Wildman–Crippen MR) is 102 cm³/mol. The van der Waals surface area contributed by atoms with Crippen molar-refractivity contribution in [3.05, 3.63) is 84.2 Å². The Morgan fingerprint density at radius 2 is 1.41 bits per heavy atom. The maximum absolute atomic E-state index is 12.3. The molecule has 0 spiro atoms. The van der Waals surface area contributed by atoms with Crippen LogP contribution in [0.3, 0.4) is 0 Å². The molecule has 3 rings (SSSR count). The topological polar surface area (TPSA) is 56.5 Å². The van der Waals surface area contributed by atoms with Gasteiger partial charge >= 0.3 is 11.9 Å². The third-order valence-electron chi connectivity index (χ3n) is 4.29. The van der Waals surface area contributed by atoms with E-state index in [1.807, 2.05) is 77.6 Å². The standard InChI is InChI=1S/C22H20NO4/c1-26-21(24)20(22(25)27-2)19(17-9-4-3-5-10-17)15-23-13-12-16-8-6-7-11-18(16)14-23/h3-14H,15H2,1-2H3/q+1. The zero-order valence-corrected chi connectivity index (χ0v) is 15.2. The number of methoxy groups -OCH3 is 2. The van der Waals surface area contributed by atoms with Crippen LogP contribution in [0.5, 0.6) is 0 Å². The van der Waals surface area contributed by atoms with Crippen LogP contribution in [0.4, 0.5) is 0 Å². The van der Waals surface area contributed by atoms with Crippen molar-refractivity contribution in [3.8, 4) is 0 Å². The van der Waals surface area contributed by atoms with E-state index in [1.54, 1.807) is 0 Å². The van der Waals surface area contributed by atoms with Gasteiger partial charge < -0.3 is 9.47 Å². The summed E-state index contributed by atoms with van der Waals surface area (Å²) in [5.74, 6) is -1.44. The van der Waals surface area contributed by atoms with E-state index >= 15 is 0 Å². The lowest BCUT2D eigenvalue weighted by molar-refractivity contribution is -0.683. The number of nitrogens with zero attached hydrogens (tertiary/aromatic N) is 1. The van der Waals surface area contributed by atoms with Crippen molar-refractivity contribution in [2.45, 2.75) is 6.54 Å². The third-order valence-corrected chi connectivity index (χ3v) is 4.29. The molecule has 3 aromatic rings. The second-order valence-electron chi connectivity index (χ2n) is 5.95. The zero-order valence-electron chi connectivity index (χ0n) is 15.2. The van der Waals surface area contributed by atoms with Gasteiger partial charge in [-0.2, -0.15) is 0 Å². The molecule has 1 aromatic heterocycles. The maximum Gasteiger partial charge on any atom is 0.345 e. The van der Waals surface area contributed by atoms with Gasteiger partial charge in [-0.1, -0.05) is 48.5 Å². The predicted octanol–water partition coefficient (Wildman–Crippen LogP) is 2.93. The first-order valence-electron chi connectivity index (χ1n) is 8.47. The first kappa shape index (κ1) is 18.3. The number of carbonyl (C=O) groups is 2. The van der Waals surface area contributed by atoms with Crippen LogP contribution in [0, 0.1) is 0 Å². The van der Waals surface area contributed by atoms with Crippen LogP contribution in [-0.2, 0) is 25.6 Å². The average molecular weight is 362 g/mol. The van der Waals surface area contributed by atoms with Crippen molar-refractivity contribution in [3.63, 3.8) is 0 Å². The van der Waals surface area contributed by atoms with Gasteiger partial charge in [-0.15, -0.1) is 0 Å². The summed E-state index contributed by atoms with van der Waals surface area (Å²) >= 11 is 0. The van der Waals surface area contributed by atoms with Crippen LogP contribution in [0.15, 0.2) is 78.6 Å². The Morgan fingerprint density at radius 1 is 0.815 bits per heavy atom. The number of esters is 2. The van der Waals surface area contributed by atoms with Gasteiger partial charge in [0.1, 0.15) is 0 Å². The third kappa shape index (κ3) is 4.03. The van der Waals surface area contributed by atoms with Gasteiger partial charge in [0.05, 0.1) is 14.2 Å². The molecular weight excluding hydrogens is 342 g/mol. The highest BCUT2D eigenvalue weighted by Gasteiger charge is 2.28. The van der Waals surface area contributed by atoms with Crippen molar-refractivity contribution >= 4 is 28.3 Å². The highest BCUT2D eigenvalue weighted by Crippen LogP contribution is 2.22. The largest absolute Gasteiger partial charge is 0.465 e. The fourth-order valence-electron chi connectivity index (χ4n) is 2.95. The Bertz CT molecular complexity index is 991. The molecule has 0 aliphatic carbocycles. The maximum atomic E-state index is 12.3. The SMILES string of the molecule is COC(=O)C(C(=O)OC)=C(C[n+]1ccc2ccccc2c1)c1ccccc1. The highest BCUT2D eigenvalue weighted by atomic mass is 16.5. The van der Waals surface area contributed by atoms with E-state index in [9.17, 15) is 9.59 Å². The Morgan fingerprint density at radius 3 is 2.04 bits per heavy atom. The second kappa shape index (κ2) is 8.27. The summed E-state index contributed by atoms with van der Waals surface area (Å²) in [6.07, 6.45) is 3.89. The molecule has 0 N–H and O–H groups in total. The van der Waals surface area contributed by atoms with Crippen molar-refractivity contribution in [2.75, 3.05) is 14.2 Å². The minimum Gasteiger partial charge on any atom is -0.465 e. The van der Waals surface area contributed by atoms with Crippen LogP contribution in [0.1, 0.15) is 5.56 Å². The van der Waals surface area contributed by atoms with Crippen LogP contribution < -0.4 is 4.57 Å². The number of hydrogen-bond donors (Lipinski definition) is 0. The molecule has 2 aromatic carbocycles. The first-order valence-corrected chi connectivity index (χ1v) is 8.47. The molecule has 0 saturated carbocycles. The number of hydrogen-bond acceptors (Lipinski definition) is 4. The van der Waals surface area contributed by atoms with Gasteiger partial charge in [-0.05, 0) is 17.0 Å². The smallest absolute Gasteiger partial charge is 0.345 e. The van der Waals surface area contributed by atoms with Gasteiger partial charge in [-0.25, -0.2) is 14.2 Å². The van der Waals surface area contributed by atoms with Crippen LogP contribution in [-0.4, -0.2) is 26.2 Å². The molecule has 0 atom stereocenters. The van der Waals surface area contributed by atoms with E-state index in [4.69, 9.17) is 9.47 Å². The molecule has 0 unspecified atom stereocenters. The van der Waals surface area contributed by atoms with Crippen molar-refractivity contribution in [2.24, 2.45) is 0 Å². The normalized spacial score (nSPS) is 10.3. The fraction of sp³-hybridized carbons (Fsp3) is 0.136. The summed E-state index contributed by atoms with van der Waals surface area (Å²) in [7, 11) is 2.49. The van der Waals surface area contributed by atoms with Crippen LogP contribution >= 0.6 is 0 Å². The molecule has 0 radical (unpaired) electrons. The van der Waals surface area contributed by atoms with Crippen LogP contribution in [0.25, 0.3) is 16.3 Å². The molecule has 0 amide bonds. The van der Waals surface area contributed by atoms with E-state index in [2.05, 4.69) is 0 Å². The minimum absolute atomic E-state index is 0.105. The van der Waals surface area contributed by atoms with Gasteiger partial charge in [0.2, 0.25) is 0 Å². The molecule has 5 nitrogen and oxygen atoms in total. The Balaban J connectivity index is 2.15. The summed E-state index contributed by atoms with van der Waals surface area (Å²) < 4.78 is 11.6. The summed E-state index contributed by atoms with van der Waals surface area (Å²) in [5.41, 5.74) is 1.19. The number of carbonyl (C=O) groups excluding carboxylic acids is 2. The van der Waals surface area contributed by atoms with Gasteiger partial charge in [0, 0.05) is 17.0 Å². The average Bonchev–Trinajstić information content (AvgIpc) is 2.73. The fourth-order valence-corrected chi connectivity index (χ4v) is 2.95. The Hall–Kier alpha value is -3.47. The van der Waals surface area contributed by atoms with E-state index in [1.165, 1.54) is 14.2 Å². The van der Waals surface area contributed by atoms with Crippen molar-refractivity contribution in [1.29, 1.82) is 0 Å². The molecular formula is C22H20NO4+. The van der Waals surface area contributed by atoms with E-state index in [0.717, 1.165) is 16.3 Å². The molecule has 0 fully saturated rings. The summed E-state index contributed by atoms with van der Waals surface area (Å²) in [4.78, 5) is 24.7. The van der Waals surface area contributed by atoms with E-state index in [0.29, 0.717) is 12.1 Å². The van der Waals surface area contributed by atoms with Gasteiger partial charge in [0.15, 0.2) is 24.5 Å². The first-order chi connectivity index (χ1) is 13.1. The molecule has 27 heavy (non-hydrogen) atoms. The molecule has 0 aliphatic rings. The van der Waals surface area contributed by atoms with Gasteiger partial charge in [0.25, 0.3) is 0 Å². The lowest BCUT2D eigenvalue weighted by Gasteiger charge is -2.11. The summed E-state index contributed by atoms with van der Waals surface area (Å²) in [6, 6.07) is 19.3. The second-order valence-corrected chi connectivity index (χ2v) is 5.95. The Kier molecular flexibility index (Phi) is 5.61. The zero-order chi connectivity index (χ0) is 19.2. The van der Waals surface area contributed by atoms with E-state index in [-0.39, 0.29) is 5.57 Å². The number of rotatable bonds is 5. The quantitative estimate of drug-likeness (QED) is 0.230.